The SMILES string of the molecule is [C-]#[N+]C1(c2ncc(Br)cc2F)CC(C)(O)C1. The first kappa shape index (κ1) is 11.5. The predicted octanol–water partition coefficient (Wildman–Crippen LogP) is 2.64. The van der Waals surface area contributed by atoms with Crippen LogP contribution in [-0.2, 0) is 5.54 Å². The highest BCUT2D eigenvalue weighted by atomic mass is 79.9. The maximum absolute atomic E-state index is 13.7. The van der Waals surface area contributed by atoms with Gasteiger partial charge in [0.15, 0.2) is 11.5 Å². The van der Waals surface area contributed by atoms with Crippen molar-refractivity contribution in [1.82, 2.24) is 4.98 Å². The first-order valence-corrected chi connectivity index (χ1v) is 5.60. The Labute approximate surface area is 101 Å². The average molecular weight is 285 g/mol. The van der Waals surface area contributed by atoms with Crippen LogP contribution in [-0.4, -0.2) is 15.7 Å². The van der Waals surface area contributed by atoms with Crippen LogP contribution in [0.5, 0.6) is 0 Å². The van der Waals surface area contributed by atoms with Crippen LogP contribution in [0.3, 0.4) is 0 Å². The van der Waals surface area contributed by atoms with E-state index in [1.54, 1.807) is 6.92 Å². The van der Waals surface area contributed by atoms with Gasteiger partial charge in [-0.05, 0) is 28.9 Å². The number of aromatic nitrogens is 1. The van der Waals surface area contributed by atoms with E-state index < -0.39 is 17.0 Å². The summed E-state index contributed by atoms with van der Waals surface area (Å²) in [6.45, 7) is 8.81. The number of hydrogen-bond donors (Lipinski definition) is 1. The van der Waals surface area contributed by atoms with Crippen molar-refractivity contribution in [3.8, 4) is 0 Å². The molecular weight excluding hydrogens is 275 g/mol. The monoisotopic (exact) mass is 284 g/mol. The minimum Gasteiger partial charge on any atom is -0.389 e. The standard InChI is InChI=1S/C11H10BrFN2O/c1-10(16)5-11(6-10,14-2)9-8(13)3-7(12)4-15-9/h3-4,16H,5-6H2,1H3. The summed E-state index contributed by atoms with van der Waals surface area (Å²) < 4.78 is 14.2. The molecule has 1 aliphatic carbocycles. The van der Waals surface area contributed by atoms with Crippen LogP contribution in [0.15, 0.2) is 16.7 Å². The predicted molar refractivity (Wildman–Crippen MR) is 60.0 cm³/mol. The molecule has 1 aromatic rings. The van der Waals surface area contributed by atoms with Gasteiger partial charge in [-0.2, -0.15) is 0 Å². The Kier molecular flexibility index (Phi) is 2.52. The Balaban J connectivity index is 2.41. The number of nitrogens with zero attached hydrogens (tertiary/aromatic N) is 2. The summed E-state index contributed by atoms with van der Waals surface area (Å²) >= 11 is 3.12. The fourth-order valence-corrected chi connectivity index (χ4v) is 2.57. The first-order chi connectivity index (χ1) is 7.38. The molecule has 0 aromatic carbocycles. The lowest BCUT2D eigenvalue weighted by atomic mass is 9.64. The Morgan fingerprint density at radius 1 is 1.62 bits per heavy atom. The second-order valence-electron chi connectivity index (χ2n) is 4.48. The van der Waals surface area contributed by atoms with Gasteiger partial charge in [0, 0.05) is 10.7 Å². The van der Waals surface area contributed by atoms with Crippen LogP contribution in [0.4, 0.5) is 4.39 Å². The molecule has 0 bridgehead atoms. The number of rotatable bonds is 1. The van der Waals surface area contributed by atoms with Crippen molar-refractivity contribution in [1.29, 1.82) is 0 Å². The van der Waals surface area contributed by atoms with Gasteiger partial charge in [0.1, 0.15) is 0 Å². The van der Waals surface area contributed by atoms with E-state index in [2.05, 4.69) is 25.8 Å². The lowest BCUT2D eigenvalue weighted by Gasteiger charge is -2.42. The molecule has 0 amide bonds. The topological polar surface area (TPSA) is 37.5 Å². The van der Waals surface area contributed by atoms with Gasteiger partial charge < -0.3 is 9.95 Å². The van der Waals surface area contributed by atoms with Gasteiger partial charge in [-0.15, -0.1) is 0 Å². The number of halogens is 2. The largest absolute Gasteiger partial charge is 0.389 e. The van der Waals surface area contributed by atoms with E-state index in [0.717, 1.165) is 0 Å². The van der Waals surface area contributed by atoms with Gasteiger partial charge >= 0.3 is 0 Å². The number of aliphatic hydroxyl groups is 1. The van der Waals surface area contributed by atoms with Crippen LogP contribution >= 0.6 is 15.9 Å². The summed E-state index contributed by atoms with van der Waals surface area (Å²) in [4.78, 5) is 7.42. The smallest absolute Gasteiger partial charge is 0.282 e. The van der Waals surface area contributed by atoms with Crippen LogP contribution in [0.2, 0.25) is 0 Å². The fraction of sp³-hybridized carbons (Fsp3) is 0.455. The van der Waals surface area contributed by atoms with E-state index in [4.69, 9.17) is 6.57 Å². The Morgan fingerprint density at radius 2 is 2.25 bits per heavy atom. The van der Waals surface area contributed by atoms with Gasteiger partial charge in [0.25, 0.3) is 5.54 Å². The van der Waals surface area contributed by atoms with Crippen molar-refractivity contribution >= 4 is 15.9 Å². The van der Waals surface area contributed by atoms with Crippen molar-refractivity contribution in [3.63, 3.8) is 0 Å². The summed E-state index contributed by atoms with van der Waals surface area (Å²) in [5, 5.41) is 9.68. The van der Waals surface area contributed by atoms with E-state index in [9.17, 15) is 9.50 Å². The zero-order valence-corrected chi connectivity index (χ0v) is 10.3. The molecule has 1 aliphatic rings. The molecular formula is C11H10BrFN2O. The van der Waals surface area contributed by atoms with Gasteiger partial charge in [0.05, 0.1) is 18.4 Å². The number of pyridine rings is 1. The molecule has 1 fully saturated rings. The van der Waals surface area contributed by atoms with Crippen molar-refractivity contribution < 1.29 is 9.50 Å². The second-order valence-corrected chi connectivity index (χ2v) is 5.39. The molecule has 1 aromatic heterocycles. The highest BCUT2D eigenvalue weighted by Crippen LogP contribution is 2.51. The normalized spacial score (nSPS) is 32.9. The average Bonchev–Trinajstić information content (AvgIpc) is 2.13. The maximum Gasteiger partial charge on any atom is 0.282 e. The Bertz CT molecular complexity index is 473. The first-order valence-electron chi connectivity index (χ1n) is 4.81. The molecule has 5 heteroatoms. The third kappa shape index (κ3) is 1.72. The molecule has 3 nitrogen and oxygen atoms in total. The molecule has 0 unspecified atom stereocenters. The van der Waals surface area contributed by atoms with Crippen molar-refractivity contribution in [3.05, 3.63) is 39.7 Å². The van der Waals surface area contributed by atoms with E-state index in [1.165, 1.54) is 12.3 Å². The summed E-state index contributed by atoms with van der Waals surface area (Å²) in [6.07, 6.45) is 1.93. The maximum atomic E-state index is 13.7. The summed E-state index contributed by atoms with van der Waals surface area (Å²) in [5.74, 6) is -0.499. The van der Waals surface area contributed by atoms with Crippen molar-refractivity contribution in [2.75, 3.05) is 0 Å². The van der Waals surface area contributed by atoms with Crippen molar-refractivity contribution in [2.45, 2.75) is 30.9 Å². The molecule has 84 valence electrons. The fourth-order valence-electron chi connectivity index (χ4n) is 2.26. The van der Waals surface area contributed by atoms with E-state index in [-0.39, 0.29) is 18.5 Å². The van der Waals surface area contributed by atoms with Crippen LogP contribution in [0.1, 0.15) is 25.5 Å². The molecule has 16 heavy (non-hydrogen) atoms. The molecule has 0 aliphatic heterocycles. The van der Waals surface area contributed by atoms with E-state index in [1.807, 2.05) is 0 Å². The molecule has 0 atom stereocenters. The molecule has 1 N–H and O–H groups in total. The molecule has 1 heterocycles. The summed E-state index contributed by atoms with van der Waals surface area (Å²) in [7, 11) is 0. The van der Waals surface area contributed by atoms with Gasteiger partial charge in [-0.3, -0.25) is 0 Å². The van der Waals surface area contributed by atoms with Crippen molar-refractivity contribution in [2.24, 2.45) is 0 Å². The minimum atomic E-state index is -0.992. The highest BCUT2D eigenvalue weighted by molar-refractivity contribution is 9.10. The Hall–Kier alpha value is -0.990. The molecule has 1 saturated carbocycles. The quantitative estimate of drug-likeness (QED) is 0.805. The van der Waals surface area contributed by atoms with Crippen LogP contribution < -0.4 is 0 Å². The molecule has 0 radical (unpaired) electrons. The lowest BCUT2D eigenvalue weighted by molar-refractivity contribution is -0.0616. The van der Waals surface area contributed by atoms with E-state index in [0.29, 0.717) is 4.47 Å². The second kappa shape index (κ2) is 3.51. The summed E-state index contributed by atoms with van der Waals surface area (Å²) in [6, 6.07) is 1.29. The van der Waals surface area contributed by atoms with E-state index >= 15 is 0 Å². The van der Waals surface area contributed by atoms with Crippen LogP contribution in [0, 0.1) is 12.4 Å². The third-order valence-corrected chi connectivity index (χ3v) is 3.24. The zero-order valence-electron chi connectivity index (χ0n) is 8.67. The number of hydrogen-bond acceptors (Lipinski definition) is 2. The molecule has 0 saturated heterocycles. The van der Waals surface area contributed by atoms with Gasteiger partial charge in [-0.1, -0.05) is 0 Å². The Morgan fingerprint density at radius 3 is 2.69 bits per heavy atom. The molecule has 2 rings (SSSR count). The molecule has 0 spiro atoms. The highest BCUT2D eigenvalue weighted by Gasteiger charge is 2.60. The van der Waals surface area contributed by atoms with Gasteiger partial charge in [0.2, 0.25) is 0 Å². The minimum absolute atomic E-state index is 0.136. The summed E-state index contributed by atoms with van der Waals surface area (Å²) in [5.41, 5.74) is -1.74. The van der Waals surface area contributed by atoms with Crippen LogP contribution in [0.25, 0.3) is 4.85 Å². The van der Waals surface area contributed by atoms with Gasteiger partial charge in [-0.25, -0.2) is 15.9 Å². The zero-order chi connectivity index (χ0) is 12.0. The third-order valence-electron chi connectivity index (χ3n) is 2.81. The lowest BCUT2D eigenvalue weighted by Crippen LogP contribution is -2.51.